The zero-order chi connectivity index (χ0) is 77.3. The minimum absolute atomic E-state index is 0.838. The lowest BCUT2D eigenvalue weighted by atomic mass is 9.95. The molecular weight excluding hydrogens is 1610 g/mol. The van der Waals surface area contributed by atoms with Crippen molar-refractivity contribution < 1.29 is 0 Å². The molecule has 6 heterocycles. The van der Waals surface area contributed by atoms with Gasteiger partial charge in [-0.25, -0.2) is 0 Å². The number of rotatable bonds is 9. The molecule has 0 aliphatic rings. The van der Waals surface area contributed by atoms with E-state index in [9.17, 15) is 0 Å². The number of pyridine rings is 3. The minimum atomic E-state index is 0.838. The summed E-state index contributed by atoms with van der Waals surface area (Å²) >= 11 is 10.6. The van der Waals surface area contributed by atoms with Crippen molar-refractivity contribution in [2.24, 2.45) is 0 Å². The van der Waals surface area contributed by atoms with Crippen LogP contribution in [0, 0.1) is 0 Å². The van der Waals surface area contributed by atoms with Crippen molar-refractivity contribution in [2.75, 3.05) is 0 Å². The van der Waals surface area contributed by atoms with Gasteiger partial charge in [0.2, 0.25) is 0 Å². The van der Waals surface area contributed by atoms with Gasteiger partial charge in [-0.15, -0.1) is 30.6 Å². The average molecular weight is 1680 g/mol. The largest absolute Gasteiger partial charge is 0.274 e. The Labute approximate surface area is 692 Å². The second-order valence-electron chi connectivity index (χ2n) is 29.1. The van der Waals surface area contributed by atoms with E-state index in [-0.39, 0.29) is 0 Å². The van der Waals surface area contributed by atoms with Crippen molar-refractivity contribution in [3.63, 3.8) is 0 Å². The summed E-state index contributed by atoms with van der Waals surface area (Å²) in [5.41, 5.74) is 23.4. The van der Waals surface area contributed by atoms with Crippen molar-refractivity contribution in [1.29, 1.82) is 0 Å². The lowest BCUT2D eigenvalue weighted by Crippen LogP contribution is -1.95. The highest BCUT2D eigenvalue weighted by molar-refractivity contribution is 9.11. The third kappa shape index (κ3) is 12.7. The molecule has 12 heteroatoms. The number of hydrogen-bond donors (Lipinski definition) is 0. The summed E-state index contributed by atoms with van der Waals surface area (Å²) in [4.78, 5) is 0. The fourth-order valence-corrected chi connectivity index (χ4v) is 17.4. The van der Waals surface area contributed by atoms with E-state index in [1.165, 1.54) is 121 Å². The third-order valence-electron chi connectivity index (χ3n) is 22.3. The van der Waals surface area contributed by atoms with Crippen LogP contribution >= 0.6 is 47.8 Å². The van der Waals surface area contributed by atoms with Gasteiger partial charge in [-0.1, -0.05) is 357 Å². The van der Waals surface area contributed by atoms with E-state index in [0.29, 0.717) is 0 Å². The maximum atomic E-state index is 4.64. The number of benzene rings is 17. The topological polar surface area (TPSA) is 90.6 Å². The highest BCUT2D eigenvalue weighted by atomic mass is 79.9. The maximum absolute atomic E-state index is 4.64. The average Bonchev–Trinajstić information content (AvgIpc) is 1.51. The Balaban J connectivity index is 0.000000109. The second-order valence-corrected chi connectivity index (χ2v) is 31.8. The predicted octanol–water partition coefficient (Wildman–Crippen LogP) is 28.7. The standard InChI is InChI=1S/2C36H22BrN3.C32H20BrN3/c37-28-19-16-26(17-20-28)35-38-39-36-32-10-4-3-9-31(32)33-22-27(18-21-34(33)40(35)36)23-12-14-25(15-13-23)30-11-5-7-24-6-1-2-8-29(24)30;37-30-18-15-26(16-19-30)35-38-39-36-32-8-4-3-7-31(32)33-22-29(17-20-34(33)40(35)36)25-11-9-24(10-12-25)28-14-13-23-5-1-2-6-27(23)21-28;33-26-17-14-24(15-18-26)31-34-35-32-28-9-5-4-8-27(28)29-20-25(16-19-30(29)36(31)32)23-12-10-22(11-13-23)21-6-2-1-3-7-21/h2*1-22H;1-20H. The molecule has 0 saturated carbocycles. The molecule has 0 saturated heterocycles. The molecule has 116 heavy (non-hydrogen) atoms. The van der Waals surface area contributed by atoms with Crippen LogP contribution in [0.1, 0.15) is 0 Å². The van der Waals surface area contributed by atoms with Crippen LogP contribution in [0.2, 0.25) is 0 Å². The van der Waals surface area contributed by atoms with E-state index in [0.717, 1.165) is 97.2 Å². The fourth-order valence-electron chi connectivity index (χ4n) is 16.6. The summed E-state index contributed by atoms with van der Waals surface area (Å²) in [6.07, 6.45) is 0. The maximum Gasteiger partial charge on any atom is 0.169 e. The molecule has 23 rings (SSSR count). The van der Waals surface area contributed by atoms with Gasteiger partial charge in [0.1, 0.15) is 0 Å². The van der Waals surface area contributed by atoms with Crippen LogP contribution < -0.4 is 0 Å². The zero-order valence-corrected chi connectivity index (χ0v) is 66.9. The van der Waals surface area contributed by atoms with Crippen LogP contribution in [0.4, 0.5) is 0 Å². The van der Waals surface area contributed by atoms with E-state index in [1.807, 2.05) is 42.5 Å². The molecule has 0 atom stereocenters. The van der Waals surface area contributed by atoms with Gasteiger partial charge < -0.3 is 0 Å². The van der Waals surface area contributed by atoms with Crippen molar-refractivity contribution in [2.45, 2.75) is 0 Å². The van der Waals surface area contributed by atoms with Crippen LogP contribution in [-0.4, -0.2) is 43.8 Å². The first-order chi connectivity index (χ1) is 57.2. The number of nitrogens with zero attached hydrogens (tertiary/aromatic N) is 9. The summed E-state index contributed by atoms with van der Waals surface area (Å²) in [6.45, 7) is 0. The first-order valence-corrected chi connectivity index (χ1v) is 40.8. The van der Waals surface area contributed by atoms with Gasteiger partial charge in [0.05, 0.1) is 16.6 Å². The molecule has 0 bridgehead atoms. The smallest absolute Gasteiger partial charge is 0.169 e. The first kappa shape index (κ1) is 70.0. The summed E-state index contributed by atoms with van der Waals surface area (Å²) in [5.74, 6) is 2.52. The SMILES string of the molecule is Brc1ccc(-c2nnc3c4ccccc4c4cc(-c5ccc(-c6ccc7ccccc7c6)cc5)ccc4n23)cc1.Brc1ccc(-c2nnc3c4ccccc4c4cc(-c5ccc(-c6cccc7ccccc67)cc5)ccc4n23)cc1.Brc1ccc(-c2nnc3c4ccccc4c4cc(-c5ccc(-c6ccccc6)cc5)ccc4n23)cc1. The highest BCUT2D eigenvalue weighted by Gasteiger charge is 2.22. The van der Waals surface area contributed by atoms with E-state index in [1.54, 1.807) is 0 Å². The van der Waals surface area contributed by atoms with Crippen molar-refractivity contribution in [3.8, 4) is 101 Å². The van der Waals surface area contributed by atoms with Gasteiger partial charge in [-0.2, -0.15) is 0 Å². The minimum Gasteiger partial charge on any atom is -0.274 e. The quantitative estimate of drug-likeness (QED) is 0.134. The monoisotopic (exact) mass is 1680 g/mol. The normalized spacial score (nSPS) is 11.6. The Bertz CT molecular complexity index is 7750. The molecule has 17 aromatic carbocycles. The number of halogens is 3. The number of fused-ring (bicyclic) bond motifs is 20. The predicted molar refractivity (Wildman–Crippen MR) is 491 cm³/mol. The van der Waals surface area contributed by atoms with Crippen LogP contribution in [0.15, 0.2) is 402 Å². The van der Waals surface area contributed by atoms with Crippen LogP contribution in [0.5, 0.6) is 0 Å². The molecule has 6 aromatic heterocycles. The van der Waals surface area contributed by atoms with Crippen LogP contribution in [0.25, 0.3) is 204 Å². The number of aromatic nitrogens is 9. The lowest BCUT2D eigenvalue weighted by Gasteiger charge is -2.12. The molecule has 0 unspecified atom stereocenters. The Kier molecular flexibility index (Phi) is 17.9. The van der Waals surface area contributed by atoms with Crippen LogP contribution in [0.3, 0.4) is 0 Å². The van der Waals surface area contributed by atoms with Gasteiger partial charge in [0.15, 0.2) is 34.4 Å². The highest BCUT2D eigenvalue weighted by Crippen LogP contribution is 2.41. The Morgan fingerprint density at radius 2 is 0.440 bits per heavy atom. The molecule has 23 aromatic rings. The summed E-state index contributed by atoms with van der Waals surface area (Å²) in [7, 11) is 0. The molecule has 0 aliphatic carbocycles. The summed E-state index contributed by atoms with van der Waals surface area (Å²) in [6, 6.07) is 137. The number of hydrogen-bond acceptors (Lipinski definition) is 6. The fraction of sp³-hybridized carbons (Fsp3) is 0. The molecule has 0 radical (unpaired) electrons. The van der Waals surface area contributed by atoms with Crippen molar-refractivity contribution in [3.05, 3.63) is 402 Å². The summed E-state index contributed by atoms with van der Waals surface area (Å²) in [5, 5.41) is 43.2. The molecule has 0 spiro atoms. The molecule has 0 amide bonds. The Hall–Kier alpha value is -13.9. The first-order valence-electron chi connectivity index (χ1n) is 38.4. The Morgan fingerprint density at radius 1 is 0.164 bits per heavy atom. The van der Waals surface area contributed by atoms with Crippen molar-refractivity contribution >= 4 is 151 Å². The third-order valence-corrected chi connectivity index (χ3v) is 23.9. The van der Waals surface area contributed by atoms with Gasteiger partial charge in [-0.3, -0.25) is 13.2 Å². The van der Waals surface area contributed by atoms with Gasteiger partial charge in [-0.05, 0) is 183 Å². The molecule has 546 valence electrons. The molecule has 0 aliphatic heterocycles. The van der Waals surface area contributed by atoms with E-state index in [4.69, 9.17) is 0 Å². The van der Waals surface area contributed by atoms with E-state index >= 15 is 0 Å². The zero-order valence-electron chi connectivity index (χ0n) is 62.1. The second kappa shape index (κ2) is 29.6. The summed E-state index contributed by atoms with van der Waals surface area (Å²) < 4.78 is 9.68. The van der Waals surface area contributed by atoms with E-state index in [2.05, 4.69) is 437 Å². The Morgan fingerprint density at radius 3 is 0.836 bits per heavy atom. The van der Waals surface area contributed by atoms with Gasteiger partial charge >= 0.3 is 0 Å². The molecule has 9 nitrogen and oxygen atoms in total. The van der Waals surface area contributed by atoms with Crippen molar-refractivity contribution in [1.82, 2.24) is 43.8 Å². The lowest BCUT2D eigenvalue weighted by molar-refractivity contribution is 1.12. The van der Waals surface area contributed by atoms with Gasteiger partial charge in [0.25, 0.3) is 0 Å². The molecule has 0 N–H and O–H groups in total. The molecule has 0 fully saturated rings. The van der Waals surface area contributed by atoms with Gasteiger partial charge in [0, 0.05) is 62.4 Å². The van der Waals surface area contributed by atoms with E-state index < -0.39 is 0 Å². The van der Waals surface area contributed by atoms with Crippen LogP contribution in [-0.2, 0) is 0 Å². The molecular formula is C104H64Br3N9.